The van der Waals surface area contributed by atoms with Crippen molar-refractivity contribution in [2.24, 2.45) is 5.50 Å². The Morgan fingerprint density at radius 2 is 1.00 bits per heavy atom. The number of nitrogens with two attached hydrogens (primary N) is 1. The van der Waals surface area contributed by atoms with Crippen molar-refractivity contribution < 1.29 is 8.39 Å². The fourth-order valence-corrected chi connectivity index (χ4v) is 3.88. The summed E-state index contributed by atoms with van der Waals surface area (Å²) in [6.07, 6.45) is 0. The molecule has 0 aliphatic rings. The summed E-state index contributed by atoms with van der Waals surface area (Å²) in [6.45, 7) is 0. The molecule has 0 unspecified atom stereocenters. The van der Waals surface area contributed by atoms with Gasteiger partial charge in [-0.25, -0.2) is 0 Å². The van der Waals surface area contributed by atoms with Crippen LogP contribution in [0.3, 0.4) is 0 Å². The van der Waals surface area contributed by atoms with Gasteiger partial charge in [-0.2, -0.15) is 0 Å². The number of hydrogen-bond donors (Lipinski definition) is 1. The van der Waals surface area contributed by atoms with Crippen molar-refractivity contribution in [1.29, 1.82) is 0 Å². The van der Waals surface area contributed by atoms with Crippen molar-refractivity contribution in [1.82, 2.24) is 0 Å². The Hall–Kier alpha value is 1.99. The molecule has 0 fully saturated rings. The fraction of sp³-hybridized carbons (Fsp3) is 1.00. The van der Waals surface area contributed by atoms with Gasteiger partial charge in [-0.3, -0.25) is 0 Å². The molecular weight excluding hydrogens is 320 g/mol. The van der Waals surface area contributed by atoms with Crippen LogP contribution >= 0.6 is 77.0 Å². The van der Waals surface area contributed by atoms with E-state index in [0.29, 0.717) is 0 Å². The summed E-state index contributed by atoms with van der Waals surface area (Å²) >= 11 is 29.5. The molecule has 76 valence electrons. The first kappa shape index (κ1) is 14.0. The Kier molecular flexibility index (Phi) is 3.78. The predicted molar refractivity (Wildman–Crippen MR) is 53.9 cm³/mol. The standard InChI is InChI=1S/C2H2Cl6F2NP/c3-1(4,5)12(9,10,11)2(6,7)8/h11H2. The number of rotatable bonds is 0. The van der Waals surface area contributed by atoms with E-state index in [9.17, 15) is 8.39 Å². The van der Waals surface area contributed by atoms with Crippen molar-refractivity contribution in [2.75, 3.05) is 0 Å². The molecule has 0 amide bonds. The van der Waals surface area contributed by atoms with E-state index in [2.05, 4.69) is 5.50 Å². The molecule has 1 nitrogen and oxygen atoms in total. The Morgan fingerprint density at radius 1 is 0.833 bits per heavy atom. The normalized spacial score (nSPS) is 18.6. The zero-order chi connectivity index (χ0) is 10.4. The molecule has 12 heavy (non-hydrogen) atoms. The van der Waals surface area contributed by atoms with E-state index in [1.807, 2.05) is 0 Å². The quantitative estimate of drug-likeness (QED) is 0.501. The van der Waals surface area contributed by atoms with Crippen molar-refractivity contribution in [3.63, 3.8) is 0 Å². The molecule has 0 aromatic heterocycles. The van der Waals surface area contributed by atoms with Crippen LogP contribution in [0.15, 0.2) is 0 Å². The number of halogens is 8. The summed E-state index contributed by atoms with van der Waals surface area (Å²) in [7, 11) is -6.49. The first-order valence-corrected chi connectivity index (χ1v) is 6.53. The summed E-state index contributed by atoms with van der Waals surface area (Å²) in [5, 5.41) is 0. The van der Waals surface area contributed by atoms with E-state index in [-0.39, 0.29) is 0 Å². The molecule has 0 bridgehead atoms. The van der Waals surface area contributed by atoms with Crippen LogP contribution in [0.1, 0.15) is 0 Å². The molecule has 2 N–H and O–H groups in total. The van der Waals surface area contributed by atoms with Crippen LogP contribution in [0.5, 0.6) is 0 Å². The zero-order valence-corrected chi connectivity index (χ0v) is 10.5. The Balaban J connectivity index is 5.29. The second-order valence-electron chi connectivity index (χ2n) is 1.90. The van der Waals surface area contributed by atoms with Gasteiger partial charge in [0.2, 0.25) is 0 Å². The molecule has 0 heterocycles. The monoisotopic (exact) mass is 319 g/mol. The van der Waals surface area contributed by atoms with Crippen molar-refractivity contribution in [3.05, 3.63) is 0 Å². The van der Waals surface area contributed by atoms with Crippen LogP contribution in [-0.2, 0) is 0 Å². The Bertz CT molecular complexity index is 168. The maximum atomic E-state index is 13.2. The molecule has 0 aromatic carbocycles. The summed E-state index contributed by atoms with van der Waals surface area (Å²) in [4.78, 5) is 0. The van der Waals surface area contributed by atoms with Crippen LogP contribution in [0.4, 0.5) is 8.39 Å². The zero-order valence-electron chi connectivity index (χ0n) is 5.05. The number of hydrogen-bond acceptors (Lipinski definition) is 1. The first-order chi connectivity index (χ1) is 4.79. The van der Waals surface area contributed by atoms with E-state index >= 15 is 0 Å². The predicted octanol–water partition coefficient (Wildman–Crippen LogP) is 4.84. The second kappa shape index (κ2) is 3.24. The first-order valence-electron chi connectivity index (χ1n) is 2.18. The summed E-state index contributed by atoms with van der Waals surface area (Å²) in [5.41, 5.74) is 4.52. The third-order valence-corrected chi connectivity index (χ3v) is 8.37. The van der Waals surface area contributed by atoms with Crippen LogP contribution in [0.25, 0.3) is 0 Å². The van der Waals surface area contributed by atoms with Crippen molar-refractivity contribution in [2.45, 2.75) is 7.07 Å². The Labute approximate surface area is 97.6 Å². The fourth-order valence-electron chi connectivity index (χ4n) is 0.144. The van der Waals surface area contributed by atoms with Gasteiger partial charge in [0.1, 0.15) is 0 Å². The van der Waals surface area contributed by atoms with Crippen LogP contribution in [0.2, 0.25) is 0 Å². The van der Waals surface area contributed by atoms with Crippen LogP contribution in [0, 0.1) is 0 Å². The molecule has 0 spiro atoms. The Morgan fingerprint density at radius 3 is 1.00 bits per heavy atom. The molecule has 0 aromatic rings. The summed E-state index contributed by atoms with van der Waals surface area (Å²) < 4.78 is 20.3. The van der Waals surface area contributed by atoms with Crippen LogP contribution < -0.4 is 5.50 Å². The molecule has 10 heteroatoms. The average Bonchev–Trinajstić information content (AvgIpc) is 1.55. The van der Waals surface area contributed by atoms with Gasteiger partial charge in [0.05, 0.1) is 0 Å². The maximum absolute atomic E-state index is 13.2. The van der Waals surface area contributed by atoms with Gasteiger partial charge in [-0.15, -0.1) is 0 Å². The molecule has 0 atom stereocenters. The third-order valence-electron chi connectivity index (χ3n) is 0.930. The van der Waals surface area contributed by atoms with E-state index < -0.39 is 14.4 Å². The minimum absolute atomic E-state index is 3.09. The topological polar surface area (TPSA) is 26.0 Å². The summed E-state index contributed by atoms with van der Waals surface area (Å²) in [5.74, 6) is 0. The van der Waals surface area contributed by atoms with E-state index in [0.717, 1.165) is 0 Å². The van der Waals surface area contributed by atoms with E-state index in [4.69, 9.17) is 69.6 Å². The van der Waals surface area contributed by atoms with E-state index in [1.165, 1.54) is 0 Å². The van der Waals surface area contributed by atoms with Crippen LogP contribution in [-0.4, -0.2) is 7.07 Å². The molecule has 0 radical (unpaired) electrons. The SMILES string of the molecule is NP(F)(F)(C(Cl)(Cl)Cl)C(Cl)(Cl)Cl. The van der Waals surface area contributed by atoms with Gasteiger partial charge in [-0.1, -0.05) is 0 Å². The molecule has 0 aliphatic carbocycles. The van der Waals surface area contributed by atoms with Gasteiger partial charge in [0.25, 0.3) is 0 Å². The van der Waals surface area contributed by atoms with Gasteiger partial charge in [-0.05, 0) is 0 Å². The summed E-state index contributed by atoms with van der Waals surface area (Å²) in [6, 6.07) is 0. The third kappa shape index (κ3) is 2.14. The molecule has 0 saturated carbocycles. The van der Waals surface area contributed by atoms with Gasteiger partial charge < -0.3 is 0 Å². The molecule has 0 rings (SSSR count). The van der Waals surface area contributed by atoms with Gasteiger partial charge >= 0.3 is 97.9 Å². The molecule has 0 saturated heterocycles. The molecule has 0 aliphatic heterocycles. The second-order valence-corrected chi connectivity index (χ2v) is 11.3. The van der Waals surface area contributed by atoms with E-state index in [1.54, 1.807) is 0 Å². The number of alkyl halides is 6. The average molecular weight is 322 g/mol. The van der Waals surface area contributed by atoms with Crippen molar-refractivity contribution in [3.8, 4) is 0 Å². The minimum atomic E-state index is -6.49. The molecular formula is C2H2Cl6F2NP. The van der Waals surface area contributed by atoms with Gasteiger partial charge in [0.15, 0.2) is 0 Å². The van der Waals surface area contributed by atoms with Crippen molar-refractivity contribution >= 4 is 77.0 Å². The van der Waals surface area contributed by atoms with Gasteiger partial charge in [0, 0.05) is 0 Å².